The van der Waals surface area contributed by atoms with Crippen LogP contribution in [0.2, 0.25) is 0 Å². The summed E-state index contributed by atoms with van der Waals surface area (Å²) >= 11 is 0. The van der Waals surface area contributed by atoms with Crippen LogP contribution < -0.4 is 10.1 Å². The molecule has 0 aliphatic carbocycles. The third-order valence-corrected chi connectivity index (χ3v) is 4.67. The van der Waals surface area contributed by atoms with E-state index >= 15 is 0 Å². The smallest absolute Gasteiger partial charge is 0.256 e. The standard InChI is InChI=1S/C23H31NO3/c1-16(2)14-23(5,26-6)22(25)24-20-12-17(3)21(18(4)13-20)27-15-19-10-8-7-9-11-19/h7-13,16H,14-15H2,1-6H3,(H,24,25)/t23-/m0/s1. The van der Waals surface area contributed by atoms with Crippen molar-refractivity contribution in [1.29, 1.82) is 0 Å². The summed E-state index contributed by atoms with van der Waals surface area (Å²) in [6, 6.07) is 14.0. The first-order chi connectivity index (χ1) is 12.7. The quantitative estimate of drug-likeness (QED) is 0.689. The van der Waals surface area contributed by atoms with Gasteiger partial charge in [0.25, 0.3) is 5.91 Å². The Balaban J connectivity index is 2.12. The second kappa shape index (κ2) is 9.05. The highest BCUT2D eigenvalue weighted by Gasteiger charge is 2.34. The molecule has 0 saturated carbocycles. The SMILES string of the molecule is CO[C@@](C)(CC(C)C)C(=O)Nc1cc(C)c(OCc2ccccc2)c(C)c1. The molecule has 0 aromatic heterocycles. The monoisotopic (exact) mass is 369 g/mol. The van der Waals surface area contributed by atoms with E-state index in [1.54, 1.807) is 7.11 Å². The number of carbonyl (C=O) groups is 1. The van der Waals surface area contributed by atoms with Crippen LogP contribution in [0.1, 0.15) is 43.9 Å². The van der Waals surface area contributed by atoms with E-state index in [9.17, 15) is 4.79 Å². The van der Waals surface area contributed by atoms with Gasteiger partial charge in [-0.05, 0) is 61.9 Å². The van der Waals surface area contributed by atoms with Gasteiger partial charge >= 0.3 is 0 Å². The zero-order chi connectivity index (χ0) is 20.0. The van der Waals surface area contributed by atoms with E-state index in [0.717, 1.165) is 28.1 Å². The first-order valence-corrected chi connectivity index (χ1v) is 9.39. The van der Waals surface area contributed by atoms with Crippen LogP contribution in [0.15, 0.2) is 42.5 Å². The van der Waals surface area contributed by atoms with Crippen molar-refractivity contribution in [3.63, 3.8) is 0 Å². The van der Waals surface area contributed by atoms with E-state index in [1.807, 2.05) is 63.2 Å². The number of anilines is 1. The average Bonchev–Trinajstić information content (AvgIpc) is 2.61. The molecular weight excluding hydrogens is 338 g/mol. The average molecular weight is 370 g/mol. The normalized spacial score (nSPS) is 13.3. The van der Waals surface area contributed by atoms with Gasteiger partial charge in [-0.15, -0.1) is 0 Å². The maximum Gasteiger partial charge on any atom is 0.256 e. The molecular formula is C23H31NO3. The van der Waals surface area contributed by atoms with Crippen LogP contribution in [-0.2, 0) is 16.1 Å². The Morgan fingerprint density at radius 2 is 1.70 bits per heavy atom. The largest absolute Gasteiger partial charge is 0.488 e. The molecule has 0 radical (unpaired) electrons. The van der Waals surface area contributed by atoms with Crippen molar-refractivity contribution in [3.05, 3.63) is 59.2 Å². The molecule has 0 bridgehead atoms. The Bertz CT molecular complexity index is 747. The number of amides is 1. The highest BCUT2D eigenvalue weighted by Crippen LogP contribution is 2.29. The van der Waals surface area contributed by atoms with E-state index < -0.39 is 5.60 Å². The van der Waals surface area contributed by atoms with Crippen molar-refractivity contribution in [2.75, 3.05) is 12.4 Å². The molecule has 0 fully saturated rings. The van der Waals surface area contributed by atoms with Gasteiger partial charge < -0.3 is 14.8 Å². The molecule has 0 spiro atoms. The highest BCUT2D eigenvalue weighted by molar-refractivity contribution is 5.97. The first kappa shape index (κ1) is 21.0. The van der Waals surface area contributed by atoms with Crippen molar-refractivity contribution in [1.82, 2.24) is 0 Å². The summed E-state index contributed by atoms with van der Waals surface area (Å²) in [6.45, 7) is 10.5. The number of aryl methyl sites for hydroxylation is 2. The number of nitrogens with one attached hydrogen (secondary N) is 1. The lowest BCUT2D eigenvalue weighted by Gasteiger charge is -2.28. The Labute approximate surface area is 162 Å². The second-order valence-corrected chi connectivity index (χ2v) is 7.70. The molecule has 0 aliphatic heterocycles. The number of benzene rings is 2. The summed E-state index contributed by atoms with van der Waals surface area (Å²) in [7, 11) is 1.58. The minimum Gasteiger partial charge on any atom is -0.488 e. The molecule has 1 amide bonds. The summed E-state index contributed by atoms with van der Waals surface area (Å²) in [5.41, 5.74) is 3.01. The van der Waals surface area contributed by atoms with Crippen LogP contribution in [0.5, 0.6) is 5.75 Å². The van der Waals surface area contributed by atoms with Gasteiger partial charge in [0.05, 0.1) is 0 Å². The zero-order valence-electron chi connectivity index (χ0n) is 17.3. The highest BCUT2D eigenvalue weighted by atomic mass is 16.5. The maximum absolute atomic E-state index is 12.8. The summed E-state index contributed by atoms with van der Waals surface area (Å²) in [6.07, 6.45) is 0.658. The molecule has 1 atom stereocenters. The van der Waals surface area contributed by atoms with Gasteiger partial charge in [0.1, 0.15) is 18.0 Å². The Morgan fingerprint density at radius 1 is 1.11 bits per heavy atom. The Morgan fingerprint density at radius 3 is 2.22 bits per heavy atom. The molecule has 2 aromatic carbocycles. The van der Waals surface area contributed by atoms with Crippen LogP contribution in [0.25, 0.3) is 0 Å². The molecule has 0 heterocycles. The first-order valence-electron chi connectivity index (χ1n) is 9.39. The molecule has 0 unspecified atom stereocenters. The van der Waals surface area contributed by atoms with Crippen LogP contribution in [0.4, 0.5) is 5.69 Å². The van der Waals surface area contributed by atoms with E-state index in [4.69, 9.17) is 9.47 Å². The molecule has 4 nitrogen and oxygen atoms in total. The fourth-order valence-electron chi connectivity index (χ4n) is 3.29. The molecule has 2 rings (SSSR count). The lowest BCUT2D eigenvalue weighted by Crippen LogP contribution is -2.43. The minimum atomic E-state index is -0.849. The van der Waals surface area contributed by atoms with Crippen molar-refractivity contribution in [2.45, 2.75) is 53.2 Å². The number of ether oxygens (including phenoxy) is 2. The van der Waals surface area contributed by atoms with Crippen molar-refractivity contribution >= 4 is 11.6 Å². The number of methoxy groups -OCH3 is 1. The number of hydrogen-bond donors (Lipinski definition) is 1. The lowest BCUT2D eigenvalue weighted by atomic mass is 9.93. The van der Waals surface area contributed by atoms with Crippen molar-refractivity contribution < 1.29 is 14.3 Å². The molecule has 0 saturated heterocycles. The van der Waals surface area contributed by atoms with Crippen molar-refractivity contribution in [3.8, 4) is 5.75 Å². The Hall–Kier alpha value is -2.33. The second-order valence-electron chi connectivity index (χ2n) is 7.70. The summed E-state index contributed by atoms with van der Waals surface area (Å²) in [5.74, 6) is 1.09. The fraction of sp³-hybridized carbons (Fsp3) is 0.435. The van der Waals surface area contributed by atoms with Crippen molar-refractivity contribution in [2.24, 2.45) is 5.92 Å². The van der Waals surface area contributed by atoms with E-state index in [0.29, 0.717) is 18.9 Å². The van der Waals surface area contributed by atoms with E-state index in [1.165, 1.54) is 0 Å². The van der Waals surface area contributed by atoms with Gasteiger partial charge in [-0.1, -0.05) is 44.2 Å². The summed E-state index contributed by atoms with van der Waals surface area (Å²) in [5, 5.41) is 3.00. The predicted octanol–water partition coefficient (Wildman–Crippen LogP) is 5.27. The van der Waals surface area contributed by atoms with Crippen LogP contribution in [-0.4, -0.2) is 18.6 Å². The molecule has 27 heavy (non-hydrogen) atoms. The summed E-state index contributed by atoms with van der Waals surface area (Å²) in [4.78, 5) is 12.8. The molecule has 1 N–H and O–H groups in total. The van der Waals surface area contributed by atoms with Crippen LogP contribution >= 0.6 is 0 Å². The number of carbonyl (C=O) groups excluding carboxylic acids is 1. The third kappa shape index (κ3) is 5.57. The Kier molecular flexibility index (Phi) is 7.03. The lowest BCUT2D eigenvalue weighted by molar-refractivity contribution is -0.137. The topological polar surface area (TPSA) is 47.6 Å². The van der Waals surface area contributed by atoms with E-state index in [-0.39, 0.29) is 5.91 Å². The van der Waals surface area contributed by atoms with Crippen LogP contribution in [0, 0.1) is 19.8 Å². The van der Waals surface area contributed by atoms with E-state index in [2.05, 4.69) is 19.2 Å². The zero-order valence-corrected chi connectivity index (χ0v) is 17.3. The number of hydrogen-bond acceptors (Lipinski definition) is 3. The van der Waals surface area contributed by atoms with Gasteiger partial charge in [0.15, 0.2) is 0 Å². The number of rotatable bonds is 8. The maximum atomic E-state index is 12.8. The molecule has 146 valence electrons. The minimum absolute atomic E-state index is 0.129. The van der Waals surface area contributed by atoms with Gasteiger partial charge in [0.2, 0.25) is 0 Å². The molecule has 0 aliphatic rings. The van der Waals surface area contributed by atoms with Gasteiger partial charge in [-0.25, -0.2) is 0 Å². The van der Waals surface area contributed by atoms with Gasteiger partial charge in [0, 0.05) is 12.8 Å². The molecule has 2 aromatic rings. The van der Waals surface area contributed by atoms with Gasteiger partial charge in [-0.3, -0.25) is 4.79 Å². The summed E-state index contributed by atoms with van der Waals surface area (Å²) < 4.78 is 11.5. The molecule has 4 heteroatoms. The third-order valence-electron chi connectivity index (χ3n) is 4.67. The predicted molar refractivity (Wildman–Crippen MR) is 110 cm³/mol. The fourth-order valence-corrected chi connectivity index (χ4v) is 3.29. The van der Waals surface area contributed by atoms with Gasteiger partial charge in [-0.2, -0.15) is 0 Å². The van der Waals surface area contributed by atoms with Crippen LogP contribution in [0.3, 0.4) is 0 Å².